The van der Waals surface area contributed by atoms with Gasteiger partial charge in [-0.25, -0.2) is 4.39 Å². The molecule has 0 spiro atoms. The molecule has 0 N–H and O–H groups in total. The van der Waals surface area contributed by atoms with Crippen LogP contribution in [0, 0.1) is 29.5 Å². The van der Waals surface area contributed by atoms with E-state index in [0.29, 0.717) is 12.3 Å². The lowest BCUT2D eigenvalue weighted by Gasteiger charge is -2.32. The average Bonchev–Trinajstić information content (AvgIpc) is 2.83. The standard InChI is InChI=1S/C30H46F4O/c1-2-3-4-5-6-7-23-8-10-24(11-9-23)12-13-25-14-16-26(17-15-25)18-19-27-20-21-29(28(31)22-27)35-30(32,33)34/h20-26H,2-19H2,1H3. The van der Waals surface area contributed by atoms with Crippen molar-refractivity contribution in [1.29, 1.82) is 0 Å². The van der Waals surface area contributed by atoms with Crippen molar-refractivity contribution in [3.63, 3.8) is 0 Å². The number of halogens is 4. The molecule has 2 aliphatic carbocycles. The van der Waals surface area contributed by atoms with Crippen LogP contribution in [-0.4, -0.2) is 6.36 Å². The molecule has 2 aliphatic rings. The number of rotatable bonds is 13. The maximum atomic E-state index is 13.9. The minimum absolute atomic E-state index is 0.646. The molecular formula is C30H46F4O. The van der Waals surface area contributed by atoms with Crippen LogP contribution in [0.15, 0.2) is 18.2 Å². The number of aryl methyl sites for hydroxylation is 1. The molecule has 1 aromatic carbocycles. The van der Waals surface area contributed by atoms with Crippen molar-refractivity contribution in [1.82, 2.24) is 0 Å². The molecule has 200 valence electrons. The molecule has 5 heteroatoms. The monoisotopic (exact) mass is 498 g/mol. The Morgan fingerprint density at radius 2 is 1.23 bits per heavy atom. The van der Waals surface area contributed by atoms with Crippen molar-refractivity contribution in [2.24, 2.45) is 23.7 Å². The number of alkyl halides is 3. The van der Waals surface area contributed by atoms with E-state index < -0.39 is 17.9 Å². The molecule has 0 bridgehead atoms. The van der Waals surface area contributed by atoms with Gasteiger partial charge in [-0.2, -0.15) is 0 Å². The summed E-state index contributed by atoms with van der Waals surface area (Å²) in [5, 5.41) is 0. The zero-order valence-corrected chi connectivity index (χ0v) is 21.7. The topological polar surface area (TPSA) is 9.23 Å². The van der Waals surface area contributed by atoms with Gasteiger partial charge in [-0.15, -0.1) is 13.2 Å². The fourth-order valence-corrected chi connectivity index (χ4v) is 6.40. The molecule has 1 aromatic rings. The summed E-state index contributed by atoms with van der Waals surface area (Å²) in [6.45, 7) is 2.28. The van der Waals surface area contributed by atoms with E-state index in [1.54, 1.807) is 6.07 Å². The highest BCUT2D eigenvalue weighted by molar-refractivity contribution is 5.29. The molecule has 35 heavy (non-hydrogen) atoms. The maximum Gasteiger partial charge on any atom is 0.573 e. The van der Waals surface area contributed by atoms with Gasteiger partial charge in [0.05, 0.1) is 0 Å². The van der Waals surface area contributed by atoms with Gasteiger partial charge in [-0.1, -0.05) is 116 Å². The molecule has 0 heterocycles. The number of hydrogen-bond acceptors (Lipinski definition) is 1. The van der Waals surface area contributed by atoms with E-state index in [2.05, 4.69) is 11.7 Å². The van der Waals surface area contributed by atoms with Crippen LogP contribution in [0.4, 0.5) is 17.6 Å². The second kappa shape index (κ2) is 14.5. The van der Waals surface area contributed by atoms with Gasteiger partial charge in [-0.3, -0.25) is 0 Å². The Balaban J connectivity index is 1.26. The van der Waals surface area contributed by atoms with Crippen LogP contribution >= 0.6 is 0 Å². The van der Waals surface area contributed by atoms with Gasteiger partial charge < -0.3 is 4.74 Å². The minimum Gasteiger partial charge on any atom is -0.403 e. The van der Waals surface area contributed by atoms with Crippen molar-refractivity contribution in [2.45, 2.75) is 129 Å². The van der Waals surface area contributed by atoms with Crippen molar-refractivity contribution < 1.29 is 22.3 Å². The molecular weight excluding hydrogens is 452 g/mol. The lowest BCUT2D eigenvalue weighted by atomic mass is 9.74. The van der Waals surface area contributed by atoms with Crippen LogP contribution in [0.1, 0.15) is 122 Å². The first-order valence-corrected chi connectivity index (χ1v) is 14.4. The summed E-state index contributed by atoms with van der Waals surface area (Å²) < 4.78 is 54.6. The van der Waals surface area contributed by atoms with Gasteiger partial charge in [0.25, 0.3) is 0 Å². The van der Waals surface area contributed by atoms with E-state index in [9.17, 15) is 17.6 Å². The van der Waals surface area contributed by atoms with Gasteiger partial charge in [0.15, 0.2) is 11.6 Å². The lowest BCUT2D eigenvalue weighted by Crippen LogP contribution is -2.18. The Hall–Kier alpha value is -1.26. The summed E-state index contributed by atoms with van der Waals surface area (Å²) in [5.74, 6) is 1.75. The molecule has 0 atom stereocenters. The zero-order valence-electron chi connectivity index (χ0n) is 21.7. The Morgan fingerprint density at radius 3 is 1.74 bits per heavy atom. The van der Waals surface area contributed by atoms with Crippen LogP contribution in [0.3, 0.4) is 0 Å². The van der Waals surface area contributed by atoms with Crippen LogP contribution in [0.5, 0.6) is 5.75 Å². The van der Waals surface area contributed by atoms with Crippen molar-refractivity contribution in [3.05, 3.63) is 29.6 Å². The summed E-state index contributed by atoms with van der Waals surface area (Å²) in [6, 6.07) is 3.83. The third-order valence-electron chi connectivity index (χ3n) is 8.69. The molecule has 0 radical (unpaired) electrons. The summed E-state index contributed by atoms with van der Waals surface area (Å²) in [5.41, 5.74) is 0.746. The van der Waals surface area contributed by atoms with Crippen LogP contribution in [-0.2, 0) is 6.42 Å². The second-order valence-corrected chi connectivity index (χ2v) is 11.4. The Labute approximate surface area is 210 Å². The van der Waals surface area contributed by atoms with E-state index in [4.69, 9.17) is 0 Å². The van der Waals surface area contributed by atoms with Gasteiger partial charge in [0, 0.05) is 0 Å². The first kappa shape index (κ1) is 28.3. The van der Waals surface area contributed by atoms with Crippen LogP contribution < -0.4 is 4.74 Å². The molecule has 1 nitrogen and oxygen atoms in total. The highest BCUT2D eigenvalue weighted by Gasteiger charge is 2.32. The number of ether oxygens (including phenoxy) is 1. The lowest BCUT2D eigenvalue weighted by molar-refractivity contribution is -0.275. The Morgan fingerprint density at radius 1 is 0.714 bits per heavy atom. The predicted molar refractivity (Wildman–Crippen MR) is 135 cm³/mol. The molecule has 2 saturated carbocycles. The predicted octanol–water partition coefficient (Wildman–Crippen LogP) is 10.4. The maximum absolute atomic E-state index is 13.9. The van der Waals surface area contributed by atoms with Crippen molar-refractivity contribution >= 4 is 0 Å². The third-order valence-corrected chi connectivity index (χ3v) is 8.69. The molecule has 0 saturated heterocycles. The molecule has 0 aliphatic heterocycles. The van der Waals surface area contributed by atoms with E-state index in [0.717, 1.165) is 35.8 Å². The SMILES string of the molecule is CCCCCCCC1CCC(CCC2CCC(CCc3ccc(OC(F)(F)F)c(F)c3)CC2)CC1. The molecule has 2 fully saturated rings. The summed E-state index contributed by atoms with van der Waals surface area (Å²) in [4.78, 5) is 0. The van der Waals surface area contributed by atoms with Crippen molar-refractivity contribution in [2.75, 3.05) is 0 Å². The highest BCUT2D eigenvalue weighted by atomic mass is 19.4. The molecule has 0 unspecified atom stereocenters. The van der Waals surface area contributed by atoms with Gasteiger partial charge >= 0.3 is 6.36 Å². The van der Waals surface area contributed by atoms with Crippen molar-refractivity contribution in [3.8, 4) is 5.75 Å². The molecule has 0 aromatic heterocycles. The molecule has 3 rings (SSSR count). The average molecular weight is 499 g/mol. The van der Waals surface area contributed by atoms with Crippen LogP contribution in [0.25, 0.3) is 0 Å². The summed E-state index contributed by atoms with van der Waals surface area (Å²) >= 11 is 0. The first-order chi connectivity index (χ1) is 16.8. The van der Waals surface area contributed by atoms with Crippen LogP contribution in [0.2, 0.25) is 0 Å². The largest absolute Gasteiger partial charge is 0.573 e. The van der Waals surface area contributed by atoms with E-state index >= 15 is 0 Å². The number of hydrogen-bond donors (Lipinski definition) is 0. The van der Waals surface area contributed by atoms with Gasteiger partial charge in [-0.05, 0) is 54.2 Å². The summed E-state index contributed by atoms with van der Waals surface area (Å²) in [6.07, 6.45) is 18.9. The normalized spacial score (nSPS) is 25.5. The Bertz CT molecular complexity index is 716. The first-order valence-electron chi connectivity index (χ1n) is 14.4. The molecule has 0 amide bonds. The quantitative estimate of drug-likeness (QED) is 0.194. The third kappa shape index (κ3) is 10.7. The number of unbranched alkanes of at least 4 members (excludes halogenated alkanes) is 4. The number of benzene rings is 1. The van der Waals surface area contributed by atoms with Gasteiger partial charge in [0.1, 0.15) is 0 Å². The second-order valence-electron chi connectivity index (χ2n) is 11.4. The Kier molecular flexibility index (Phi) is 11.7. The van der Waals surface area contributed by atoms with E-state index in [1.807, 2.05) is 0 Å². The highest BCUT2D eigenvalue weighted by Crippen LogP contribution is 2.39. The minimum atomic E-state index is -4.87. The fraction of sp³-hybridized carbons (Fsp3) is 0.800. The summed E-state index contributed by atoms with van der Waals surface area (Å²) in [7, 11) is 0. The van der Waals surface area contributed by atoms with E-state index in [-0.39, 0.29) is 0 Å². The smallest absolute Gasteiger partial charge is 0.403 e. The van der Waals surface area contributed by atoms with E-state index in [1.165, 1.54) is 109 Å². The fourth-order valence-electron chi connectivity index (χ4n) is 6.40. The zero-order chi connectivity index (χ0) is 25.1. The van der Waals surface area contributed by atoms with Gasteiger partial charge in [0.2, 0.25) is 0 Å².